The first-order valence-electron chi connectivity index (χ1n) is 13.8. The average Bonchev–Trinajstić information content (AvgIpc) is 2.95. The Hall–Kier alpha value is -4.07. The molecule has 2 aliphatic rings. The summed E-state index contributed by atoms with van der Waals surface area (Å²) < 4.78 is 7.57. The minimum Gasteiger partial charge on any atom is -0.494 e. The smallest absolute Gasteiger partial charge is 0.318 e. The zero-order chi connectivity index (χ0) is 27.2. The van der Waals surface area contributed by atoms with Gasteiger partial charge >= 0.3 is 6.03 Å². The molecule has 3 aromatic rings. The van der Waals surface area contributed by atoms with Crippen LogP contribution in [0.1, 0.15) is 43.4 Å². The van der Waals surface area contributed by atoms with E-state index in [1.54, 1.807) is 17.0 Å². The molecule has 2 aliphatic heterocycles. The van der Waals surface area contributed by atoms with E-state index in [-0.39, 0.29) is 29.3 Å². The number of carbonyl (C=O) groups is 2. The Morgan fingerprint density at radius 3 is 2.54 bits per heavy atom. The van der Waals surface area contributed by atoms with Gasteiger partial charge in [0.1, 0.15) is 11.8 Å². The Labute approximate surface area is 229 Å². The van der Waals surface area contributed by atoms with Gasteiger partial charge in [-0.25, -0.2) is 4.79 Å². The number of benzene rings is 2. The van der Waals surface area contributed by atoms with E-state index in [0.717, 1.165) is 36.3 Å². The van der Waals surface area contributed by atoms with E-state index in [1.165, 1.54) is 0 Å². The van der Waals surface area contributed by atoms with Crippen LogP contribution in [-0.2, 0) is 17.8 Å². The van der Waals surface area contributed by atoms with E-state index in [9.17, 15) is 14.4 Å². The summed E-state index contributed by atoms with van der Waals surface area (Å²) in [5.41, 5.74) is 2.60. The van der Waals surface area contributed by atoms with Crippen molar-refractivity contribution in [1.29, 1.82) is 0 Å². The number of pyridine rings is 1. The van der Waals surface area contributed by atoms with Crippen molar-refractivity contribution in [3.8, 4) is 5.75 Å². The van der Waals surface area contributed by atoms with Gasteiger partial charge in [-0.3, -0.25) is 9.59 Å². The van der Waals surface area contributed by atoms with Crippen LogP contribution in [0, 0.1) is 5.92 Å². The number of urea groups is 1. The van der Waals surface area contributed by atoms with Crippen molar-refractivity contribution in [2.45, 2.75) is 51.1 Å². The molecule has 1 fully saturated rings. The molecule has 0 spiro atoms. The van der Waals surface area contributed by atoms with Gasteiger partial charge in [0.25, 0.3) is 5.56 Å². The monoisotopic (exact) mass is 528 g/mol. The SMILES string of the molecule is CCCCOc1ccc(NC(=O)C(Cc2ccccc2)NC(=O)N2CC3CC(C2)c2cccc(=O)n2C3)cc1. The molecule has 8 heteroatoms. The fourth-order valence-corrected chi connectivity index (χ4v) is 5.56. The highest BCUT2D eigenvalue weighted by Crippen LogP contribution is 2.35. The number of rotatable bonds is 9. The summed E-state index contributed by atoms with van der Waals surface area (Å²) in [5.74, 6) is 0.800. The number of amides is 3. The second kappa shape index (κ2) is 12.2. The highest BCUT2D eigenvalue weighted by molar-refractivity contribution is 5.97. The normalized spacial score (nSPS) is 18.5. The van der Waals surface area contributed by atoms with E-state index in [2.05, 4.69) is 17.6 Å². The fraction of sp³-hybridized carbons (Fsp3) is 0.387. The molecule has 0 aliphatic carbocycles. The molecule has 2 bridgehead atoms. The molecule has 2 aromatic carbocycles. The van der Waals surface area contributed by atoms with Crippen molar-refractivity contribution in [2.75, 3.05) is 25.0 Å². The summed E-state index contributed by atoms with van der Waals surface area (Å²) in [7, 11) is 0. The van der Waals surface area contributed by atoms with Crippen LogP contribution in [0.2, 0.25) is 0 Å². The number of aromatic nitrogens is 1. The quantitative estimate of drug-likeness (QED) is 0.403. The lowest BCUT2D eigenvalue weighted by Crippen LogP contribution is -2.55. The number of piperidine rings is 1. The van der Waals surface area contributed by atoms with Crippen molar-refractivity contribution < 1.29 is 14.3 Å². The van der Waals surface area contributed by atoms with Gasteiger partial charge in [0, 0.05) is 49.4 Å². The number of anilines is 1. The molecule has 3 atom stereocenters. The van der Waals surface area contributed by atoms with Crippen molar-refractivity contribution >= 4 is 17.6 Å². The second-order valence-electron chi connectivity index (χ2n) is 10.5. The summed E-state index contributed by atoms with van der Waals surface area (Å²) in [6.07, 6.45) is 3.38. The van der Waals surface area contributed by atoms with Gasteiger partial charge in [0.05, 0.1) is 6.61 Å². The van der Waals surface area contributed by atoms with Crippen LogP contribution in [0.25, 0.3) is 0 Å². The predicted octanol–water partition coefficient (Wildman–Crippen LogP) is 4.41. The minimum absolute atomic E-state index is 0.0141. The molecule has 204 valence electrons. The van der Waals surface area contributed by atoms with Gasteiger partial charge in [-0.1, -0.05) is 49.7 Å². The number of nitrogens with zero attached hydrogens (tertiary/aromatic N) is 2. The highest BCUT2D eigenvalue weighted by Gasteiger charge is 2.37. The fourth-order valence-electron chi connectivity index (χ4n) is 5.56. The van der Waals surface area contributed by atoms with Crippen molar-refractivity contribution in [1.82, 2.24) is 14.8 Å². The molecule has 0 saturated carbocycles. The Balaban J connectivity index is 1.27. The van der Waals surface area contributed by atoms with Crippen molar-refractivity contribution in [3.05, 3.63) is 94.4 Å². The maximum absolute atomic E-state index is 13.5. The van der Waals surface area contributed by atoms with Crippen molar-refractivity contribution in [3.63, 3.8) is 0 Å². The molecule has 2 N–H and O–H groups in total. The number of fused-ring (bicyclic) bond motifs is 4. The molecule has 5 rings (SSSR count). The van der Waals surface area contributed by atoms with Gasteiger partial charge < -0.3 is 24.8 Å². The maximum Gasteiger partial charge on any atom is 0.318 e. The predicted molar refractivity (Wildman–Crippen MR) is 151 cm³/mol. The van der Waals surface area contributed by atoms with Gasteiger partial charge in [0.15, 0.2) is 0 Å². The van der Waals surface area contributed by atoms with Gasteiger partial charge in [-0.05, 0) is 54.7 Å². The van der Waals surface area contributed by atoms with E-state index >= 15 is 0 Å². The summed E-state index contributed by atoms with van der Waals surface area (Å²) in [4.78, 5) is 41.0. The lowest BCUT2D eigenvalue weighted by atomic mass is 9.83. The summed E-state index contributed by atoms with van der Waals surface area (Å²) in [6, 6.07) is 21.3. The van der Waals surface area contributed by atoms with E-state index in [0.29, 0.717) is 38.3 Å². The molecular formula is C31H36N4O4. The first-order chi connectivity index (χ1) is 19.0. The molecular weight excluding hydrogens is 492 g/mol. The first kappa shape index (κ1) is 26.5. The number of ether oxygens (including phenoxy) is 1. The molecule has 3 unspecified atom stereocenters. The number of nitrogens with one attached hydrogen (secondary N) is 2. The third kappa shape index (κ3) is 6.50. The number of carbonyl (C=O) groups excluding carboxylic acids is 2. The molecule has 3 heterocycles. The summed E-state index contributed by atoms with van der Waals surface area (Å²) in [6.45, 7) is 4.47. The Morgan fingerprint density at radius 1 is 0.974 bits per heavy atom. The zero-order valence-electron chi connectivity index (χ0n) is 22.3. The largest absolute Gasteiger partial charge is 0.494 e. The number of hydrogen-bond acceptors (Lipinski definition) is 4. The van der Waals surface area contributed by atoms with Crippen LogP contribution in [0.3, 0.4) is 0 Å². The van der Waals surface area contributed by atoms with Crippen LogP contribution in [0.15, 0.2) is 77.6 Å². The zero-order valence-corrected chi connectivity index (χ0v) is 22.3. The van der Waals surface area contributed by atoms with E-state index < -0.39 is 6.04 Å². The highest BCUT2D eigenvalue weighted by atomic mass is 16.5. The molecule has 1 aromatic heterocycles. The molecule has 8 nitrogen and oxygen atoms in total. The lowest BCUT2D eigenvalue weighted by Gasteiger charge is -2.43. The average molecular weight is 529 g/mol. The van der Waals surface area contributed by atoms with Crippen molar-refractivity contribution in [2.24, 2.45) is 5.92 Å². The van der Waals surface area contributed by atoms with Crippen LogP contribution in [-0.4, -0.2) is 47.1 Å². The van der Waals surface area contributed by atoms with Gasteiger partial charge in [-0.15, -0.1) is 0 Å². The second-order valence-corrected chi connectivity index (χ2v) is 10.5. The maximum atomic E-state index is 13.5. The van der Waals surface area contributed by atoms with Crippen LogP contribution >= 0.6 is 0 Å². The number of hydrogen-bond donors (Lipinski definition) is 2. The van der Waals surface area contributed by atoms with E-state index in [4.69, 9.17) is 4.74 Å². The summed E-state index contributed by atoms with van der Waals surface area (Å²) in [5, 5.41) is 5.97. The van der Waals surface area contributed by atoms with Gasteiger partial charge in [-0.2, -0.15) is 0 Å². The molecule has 3 amide bonds. The summed E-state index contributed by atoms with van der Waals surface area (Å²) >= 11 is 0. The Morgan fingerprint density at radius 2 is 1.77 bits per heavy atom. The lowest BCUT2D eigenvalue weighted by molar-refractivity contribution is -0.118. The Bertz CT molecular complexity index is 1340. The standard InChI is InChI=1S/C31H36N4O4/c1-2-3-16-39-26-14-12-25(13-15-26)32-30(37)27(18-22-8-5-4-6-9-22)33-31(38)34-19-23-17-24(21-34)28-10-7-11-29(36)35(28)20-23/h4-15,23-24,27H,2-3,16-21H2,1H3,(H,32,37)(H,33,38). The third-order valence-electron chi connectivity index (χ3n) is 7.55. The topological polar surface area (TPSA) is 92.7 Å². The third-order valence-corrected chi connectivity index (χ3v) is 7.55. The Kier molecular flexibility index (Phi) is 8.30. The van der Waals surface area contributed by atoms with E-state index in [1.807, 2.05) is 65.2 Å². The molecule has 0 radical (unpaired) electrons. The van der Waals surface area contributed by atoms with Crippen LogP contribution in [0.5, 0.6) is 5.75 Å². The number of likely N-dealkylation sites (tertiary alicyclic amines) is 1. The van der Waals surface area contributed by atoms with Crippen LogP contribution < -0.4 is 20.9 Å². The van der Waals surface area contributed by atoms with Crippen LogP contribution in [0.4, 0.5) is 10.5 Å². The number of unbranched alkanes of at least 4 members (excludes halogenated alkanes) is 1. The first-order valence-corrected chi connectivity index (χ1v) is 13.8. The minimum atomic E-state index is -0.753. The molecule has 1 saturated heterocycles. The molecule has 39 heavy (non-hydrogen) atoms. The van der Waals surface area contributed by atoms with Gasteiger partial charge in [0.2, 0.25) is 5.91 Å².